The van der Waals surface area contributed by atoms with E-state index in [1.165, 1.54) is 31.4 Å². The minimum Gasteiger partial charge on any atom is -0.490 e. The van der Waals surface area contributed by atoms with Crippen molar-refractivity contribution in [3.05, 3.63) is 29.6 Å². The summed E-state index contributed by atoms with van der Waals surface area (Å²) in [5.74, 6) is -0.775. The van der Waals surface area contributed by atoms with Gasteiger partial charge in [0, 0.05) is 11.6 Å². The third-order valence-corrected chi connectivity index (χ3v) is 2.69. The van der Waals surface area contributed by atoms with E-state index in [1.54, 1.807) is 0 Å². The standard InChI is InChI=1S/C10H10FNO2.C5H12/c11-7-3-6(10(12)13)4-9(5-7)14-8-1-2-8;1-3-5-4-2/h3-5,8H,1-2H2,(H2,12,13);3-5H2,1-2H3. The van der Waals surface area contributed by atoms with Crippen LogP contribution in [0.4, 0.5) is 4.39 Å². The zero-order valence-corrected chi connectivity index (χ0v) is 11.6. The maximum Gasteiger partial charge on any atom is 0.248 e. The van der Waals surface area contributed by atoms with Gasteiger partial charge in [-0.15, -0.1) is 0 Å². The number of benzene rings is 1. The summed E-state index contributed by atoms with van der Waals surface area (Å²) in [5, 5.41) is 0. The highest BCUT2D eigenvalue weighted by Crippen LogP contribution is 2.27. The smallest absolute Gasteiger partial charge is 0.248 e. The Labute approximate surface area is 113 Å². The van der Waals surface area contributed by atoms with Crippen molar-refractivity contribution in [1.29, 1.82) is 0 Å². The molecule has 0 saturated heterocycles. The molecule has 0 spiro atoms. The van der Waals surface area contributed by atoms with Gasteiger partial charge in [0.25, 0.3) is 0 Å². The molecule has 0 aromatic heterocycles. The maximum atomic E-state index is 13.0. The summed E-state index contributed by atoms with van der Waals surface area (Å²) in [7, 11) is 0. The van der Waals surface area contributed by atoms with Gasteiger partial charge in [0.15, 0.2) is 0 Å². The molecule has 2 N–H and O–H groups in total. The lowest BCUT2D eigenvalue weighted by atomic mass is 10.2. The van der Waals surface area contributed by atoms with Crippen LogP contribution in [-0.4, -0.2) is 12.0 Å². The highest BCUT2D eigenvalue weighted by Gasteiger charge is 2.24. The van der Waals surface area contributed by atoms with E-state index in [4.69, 9.17) is 10.5 Å². The van der Waals surface area contributed by atoms with Gasteiger partial charge in [0.1, 0.15) is 11.6 Å². The van der Waals surface area contributed by atoms with Gasteiger partial charge >= 0.3 is 0 Å². The second-order valence-corrected chi connectivity index (χ2v) is 4.71. The van der Waals surface area contributed by atoms with Crippen molar-refractivity contribution in [2.75, 3.05) is 0 Å². The Morgan fingerprint density at radius 2 is 1.95 bits per heavy atom. The average molecular weight is 267 g/mol. The van der Waals surface area contributed by atoms with E-state index in [0.717, 1.165) is 18.9 Å². The number of hydrogen-bond donors (Lipinski definition) is 1. The van der Waals surface area contributed by atoms with Crippen molar-refractivity contribution in [2.24, 2.45) is 5.73 Å². The van der Waals surface area contributed by atoms with E-state index >= 15 is 0 Å². The number of primary amides is 1. The Bertz CT molecular complexity index is 415. The van der Waals surface area contributed by atoms with Gasteiger partial charge in [-0.2, -0.15) is 0 Å². The summed E-state index contributed by atoms with van der Waals surface area (Å²) in [4.78, 5) is 10.8. The molecule has 1 saturated carbocycles. The van der Waals surface area contributed by atoms with Gasteiger partial charge in [0.05, 0.1) is 6.10 Å². The summed E-state index contributed by atoms with van der Waals surface area (Å²) < 4.78 is 18.3. The van der Waals surface area contributed by atoms with Crippen molar-refractivity contribution < 1.29 is 13.9 Å². The molecule has 106 valence electrons. The number of hydrogen-bond acceptors (Lipinski definition) is 2. The molecular weight excluding hydrogens is 245 g/mol. The number of unbranched alkanes of at least 4 members (excludes halogenated alkanes) is 2. The minimum absolute atomic E-state index is 0.139. The number of ether oxygens (including phenoxy) is 1. The largest absolute Gasteiger partial charge is 0.490 e. The number of nitrogens with two attached hydrogens (primary N) is 1. The lowest BCUT2D eigenvalue weighted by Crippen LogP contribution is -2.11. The van der Waals surface area contributed by atoms with Crippen LogP contribution < -0.4 is 10.5 Å². The van der Waals surface area contributed by atoms with Crippen molar-refractivity contribution in [2.45, 2.75) is 52.1 Å². The molecule has 2 rings (SSSR count). The number of halogens is 1. The van der Waals surface area contributed by atoms with Crippen molar-refractivity contribution >= 4 is 5.91 Å². The molecule has 0 heterocycles. The lowest BCUT2D eigenvalue weighted by Gasteiger charge is -2.05. The second-order valence-electron chi connectivity index (χ2n) is 4.71. The summed E-state index contributed by atoms with van der Waals surface area (Å²) >= 11 is 0. The van der Waals surface area contributed by atoms with E-state index < -0.39 is 11.7 Å². The minimum atomic E-state index is -0.648. The molecule has 0 atom stereocenters. The first-order valence-corrected chi connectivity index (χ1v) is 6.83. The van der Waals surface area contributed by atoms with E-state index in [1.807, 2.05) is 0 Å². The van der Waals surface area contributed by atoms with Crippen LogP contribution in [0.3, 0.4) is 0 Å². The fourth-order valence-corrected chi connectivity index (χ4v) is 1.50. The summed E-state index contributed by atoms with van der Waals surface area (Å²) in [6, 6.07) is 3.82. The Morgan fingerprint density at radius 3 is 2.37 bits per heavy atom. The van der Waals surface area contributed by atoms with Crippen LogP contribution in [0.15, 0.2) is 18.2 Å². The summed E-state index contributed by atoms with van der Waals surface area (Å²) in [6.07, 6.45) is 6.23. The quantitative estimate of drug-likeness (QED) is 0.885. The molecule has 0 bridgehead atoms. The summed E-state index contributed by atoms with van der Waals surface area (Å²) in [5.41, 5.74) is 5.18. The molecule has 1 aromatic carbocycles. The normalized spacial score (nSPS) is 13.4. The van der Waals surface area contributed by atoms with Crippen LogP contribution in [0.2, 0.25) is 0 Å². The van der Waals surface area contributed by atoms with Crippen LogP contribution >= 0.6 is 0 Å². The van der Waals surface area contributed by atoms with E-state index in [-0.39, 0.29) is 11.7 Å². The Kier molecular flexibility index (Phi) is 6.33. The molecule has 1 fully saturated rings. The molecule has 3 nitrogen and oxygen atoms in total. The molecule has 1 aliphatic carbocycles. The maximum absolute atomic E-state index is 13.0. The number of rotatable bonds is 5. The van der Waals surface area contributed by atoms with Crippen LogP contribution in [0.1, 0.15) is 56.3 Å². The van der Waals surface area contributed by atoms with E-state index in [0.29, 0.717) is 5.75 Å². The monoisotopic (exact) mass is 267 g/mol. The third kappa shape index (κ3) is 6.22. The fourth-order valence-electron chi connectivity index (χ4n) is 1.50. The van der Waals surface area contributed by atoms with Gasteiger partial charge < -0.3 is 10.5 Å². The highest BCUT2D eigenvalue weighted by molar-refractivity contribution is 5.93. The molecule has 0 unspecified atom stereocenters. The molecule has 19 heavy (non-hydrogen) atoms. The zero-order chi connectivity index (χ0) is 14.3. The predicted octanol–water partition coefficient (Wildman–Crippen LogP) is 3.66. The third-order valence-electron chi connectivity index (χ3n) is 2.69. The molecule has 1 aliphatic rings. The van der Waals surface area contributed by atoms with Crippen LogP contribution in [0.25, 0.3) is 0 Å². The lowest BCUT2D eigenvalue weighted by molar-refractivity contribution is 0.0999. The van der Waals surface area contributed by atoms with Crippen molar-refractivity contribution in [1.82, 2.24) is 0 Å². The van der Waals surface area contributed by atoms with Crippen molar-refractivity contribution in [3.63, 3.8) is 0 Å². The molecule has 4 heteroatoms. The van der Waals surface area contributed by atoms with Gasteiger partial charge in [-0.1, -0.05) is 33.1 Å². The van der Waals surface area contributed by atoms with E-state index in [9.17, 15) is 9.18 Å². The molecular formula is C15H22FNO2. The SMILES string of the molecule is CCCCC.NC(=O)c1cc(F)cc(OC2CC2)c1. The first-order valence-electron chi connectivity index (χ1n) is 6.83. The highest BCUT2D eigenvalue weighted by atomic mass is 19.1. The number of amides is 1. The Balaban J connectivity index is 0.000000312. The summed E-state index contributed by atoms with van der Waals surface area (Å²) in [6.45, 7) is 4.42. The van der Waals surface area contributed by atoms with Gasteiger partial charge in [-0.05, 0) is 25.0 Å². The van der Waals surface area contributed by atoms with Gasteiger partial charge in [0.2, 0.25) is 5.91 Å². The van der Waals surface area contributed by atoms with E-state index in [2.05, 4.69) is 13.8 Å². The molecule has 0 radical (unpaired) electrons. The zero-order valence-electron chi connectivity index (χ0n) is 11.6. The first kappa shape index (κ1) is 15.5. The molecule has 1 amide bonds. The molecule has 1 aromatic rings. The Morgan fingerprint density at radius 1 is 1.32 bits per heavy atom. The number of carbonyl (C=O) groups excluding carboxylic acids is 1. The van der Waals surface area contributed by atoms with Crippen molar-refractivity contribution in [3.8, 4) is 5.75 Å². The first-order chi connectivity index (χ1) is 9.06. The van der Waals surface area contributed by atoms with Gasteiger partial charge in [-0.25, -0.2) is 4.39 Å². The second kappa shape index (κ2) is 7.77. The van der Waals surface area contributed by atoms with Gasteiger partial charge in [-0.3, -0.25) is 4.79 Å². The topological polar surface area (TPSA) is 52.3 Å². The molecule has 0 aliphatic heterocycles. The van der Waals surface area contributed by atoms with Crippen LogP contribution in [0.5, 0.6) is 5.75 Å². The fraction of sp³-hybridized carbons (Fsp3) is 0.533. The average Bonchev–Trinajstić information content (AvgIpc) is 3.14. The number of carbonyl (C=O) groups is 1. The van der Waals surface area contributed by atoms with Crippen LogP contribution in [0, 0.1) is 5.82 Å². The predicted molar refractivity (Wildman–Crippen MR) is 73.8 cm³/mol. The van der Waals surface area contributed by atoms with Crippen LogP contribution in [-0.2, 0) is 0 Å². The Hall–Kier alpha value is -1.58.